The first kappa shape index (κ1) is 11.8. The Morgan fingerprint density at radius 3 is 2.88 bits per heavy atom. The van der Waals surface area contributed by atoms with Gasteiger partial charge in [0.05, 0.1) is 6.04 Å². The SMILES string of the molecule is CCCNC(c1cccs1)c1nc(C)cs1. The summed E-state index contributed by atoms with van der Waals surface area (Å²) in [6, 6.07) is 4.55. The molecule has 0 saturated carbocycles. The third-order valence-electron chi connectivity index (χ3n) is 2.31. The van der Waals surface area contributed by atoms with Crippen molar-refractivity contribution in [2.75, 3.05) is 6.54 Å². The summed E-state index contributed by atoms with van der Waals surface area (Å²) < 4.78 is 0. The van der Waals surface area contributed by atoms with Crippen LogP contribution in [0.3, 0.4) is 0 Å². The number of aryl methyl sites for hydroxylation is 1. The van der Waals surface area contributed by atoms with Crippen LogP contribution in [0, 0.1) is 6.92 Å². The van der Waals surface area contributed by atoms with Gasteiger partial charge in [-0.05, 0) is 31.3 Å². The van der Waals surface area contributed by atoms with Gasteiger partial charge >= 0.3 is 0 Å². The normalized spacial score (nSPS) is 12.9. The maximum atomic E-state index is 4.58. The number of nitrogens with one attached hydrogen (secondary N) is 1. The molecule has 0 aliphatic rings. The predicted molar refractivity (Wildman–Crippen MR) is 71.3 cm³/mol. The molecule has 1 atom stereocenters. The molecule has 4 heteroatoms. The number of aromatic nitrogens is 1. The van der Waals surface area contributed by atoms with Gasteiger partial charge in [0, 0.05) is 16.0 Å². The third kappa shape index (κ3) is 2.70. The molecule has 0 aliphatic carbocycles. The highest BCUT2D eigenvalue weighted by Crippen LogP contribution is 2.28. The minimum absolute atomic E-state index is 0.277. The molecule has 1 N–H and O–H groups in total. The molecule has 2 aromatic rings. The van der Waals surface area contributed by atoms with Gasteiger partial charge in [0.1, 0.15) is 5.01 Å². The molecule has 0 amide bonds. The quantitative estimate of drug-likeness (QED) is 0.879. The summed E-state index contributed by atoms with van der Waals surface area (Å²) in [5.74, 6) is 0. The number of nitrogens with zero attached hydrogens (tertiary/aromatic N) is 1. The molecule has 2 rings (SSSR count). The summed E-state index contributed by atoms with van der Waals surface area (Å²) in [5.41, 5.74) is 1.11. The molecule has 0 radical (unpaired) electrons. The van der Waals surface area contributed by atoms with Crippen LogP contribution in [-0.4, -0.2) is 11.5 Å². The molecular weight excluding hydrogens is 236 g/mol. The molecule has 0 aliphatic heterocycles. The average Bonchev–Trinajstić information content (AvgIpc) is 2.91. The highest BCUT2D eigenvalue weighted by atomic mass is 32.1. The van der Waals surface area contributed by atoms with Crippen molar-refractivity contribution in [1.29, 1.82) is 0 Å². The molecule has 0 spiro atoms. The molecule has 0 saturated heterocycles. The van der Waals surface area contributed by atoms with E-state index in [2.05, 4.69) is 40.1 Å². The zero-order valence-electron chi connectivity index (χ0n) is 9.56. The van der Waals surface area contributed by atoms with E-state index in [-0.39, 0.29) is 6.04 Å². The molecular formula is C12H16N2S2. The lowest BCUT2D eigenvalue weighted by Gasteiger charge is -2.14. The Balaban J connectivity index is 2.21. The van der Waals surface area contributed by atoms with E-state index in [1.165, 1.54) is 9.88 Å². The Bertz CT molecular complexity index is 420. The Labute approximate surface area is 104 Å². The number of thiophene rings is 1. The van der Waals surface area contributed by atoms with Crippen LogP contribution in [0.15, 0.2) is 22.9 Å². The fourth-order valence-corrected chi connectivity index (χ4v) is 3.32. The molecule has 0 bridgehead atoms. The van der Waals surface area contributed by atoms with E-state index in [0.29, 0.717) is 0 Å². The first-order valence-corrected chi connectivity index (χ1v) is 7.26. The Morgan fingerprint density at radius 1 is 1.44 bits per heavy atom. The van der Waals surface area contributed by atoms with Crippen molar-refractivity contribution in [3.05, 3.63) is 38.5 Å². The second kappa shape index (κ2) is 5.57. The Hall–Kier alpha value is -0.710. The fourth-order valence-electron chi connectivity index (χ4n) is 1.56. The largest absolute Gasteiger partial charge is 0.304 e. The summed E-state index contributed by atoms with van der Waals surface area (Å²) in [5, 5.41) is 8.97. The van der Waals surface area contributed by atoms with Gasteiger partial charge in [-0.15, -0.1) is 22.7 Å². The van der Waals surface area contributed by atoms with Gasteiger partial charge in [-0.1, -0.05) is 13.0 Å². The van der Waals surface area contributed by atoms with Gasteiger partial charge in [-0.3, -0.25) is 0 Å². The van der Waals surface area contributed by atoms with Crippen molar-refractivity contribution < 1.29 is 0 Å². The predicted octanol–water partition coefficient (Wildman–Crippen LogP) is 3.60. The van der Waals surface area contributed by atoms with Crippen molar-refractivity contribution in [2.24, 2.45) is 0 Å². The lowest BCUT2D eigenvalue weighted by Crippen LogP contribution is -2.22. The van der Waals surface area contributed by atoms with Gasteiger partial charge in [-0.25, -0.2) is 4.98 Å². The van der Waals surface area contributed by atoms with Crippen molar-refractivity contribution in [1.82, 2.24) is 10.3 Å². The van der Waals surface area contributed by atoms with Crippen molar-refractivity contribution in [3.63, 3.8) is 0 Å². The molecule has 16 heavy (non-hydrogen) atoms. The summed E-state index contributed by atoms with van der Waals surface area (Å²) in [4.78, 5) is 5.93. The summed E-state index contributed by atoms with van der Waals surface area (Å²) >= 11 is 3.53. The second-order valence-corrected chi connectivity index (χ2v) is 5.60. The zero-order valence-corrected chi connectivity index (χ0v) is 11.2. The van der Waals surface area contributed by atoms with E-state index in [1.54, 1.807) is 22.7 Å². The molecule has 0 aromatic carbocycles. The van der Waals surface area contributed by atoms with Crippen LogP contribution < -0.4 is 5.32 Å². The third-order valence-corrected chi connectivity index (χ3v) is 4.27. The first-order chi connectivity index (χ1) is 7.81. The lowest BCUT2D eigenvalue weighted by atomic mass is 10.2. The molecule has 2 aromatic heterocycles. The van der Waals surface area contributed by atoms with Crippen LogP contribution in [0.2, 0.25) is 0 Å². The molecule has 86 valence electrons. The van der Waals surface area contributed by atoms with Crippen LogP contribution in [0.4, 0.5) is 0 Å². The second-order valence-electron chi connectivity index (χ2n) is 3.73. The first-order valence-electron chi connectivity index (χ1n) is 5.50. The summed E-state index contributed by atoms with van der Waals surface area (Å²) in [7, 11) is 0. The van der Waals surface area contributed by atoms with E-state index in [1.807, 2.05) is 6.92 Å². The molecule has 0 fully saturated rings. The number of rotatable bonds is 5. The molecule has 1 unspecified atom stereocenters. The average molecular weight is 252 g/mol. The minimum Gasteiger partial charge on any atom is -0.304 e. The topological polar surface area (TPSA) is 24.9 Å². The van der Waals surface area contributed by atoms with Crippen molar-refractivity contribution in [2.45, 2.75) is 26.3 Å². The zero-order chi connectivity index (χ0) is 11.4. The number of thiazole rings is 1. The fraction of sp³-hybridized carbons (Fsp3) is 0.417. The van der Waals surface area contributed by atoms with Gasteiger partial charge < -0.3 is 5.32 Å². The summed E-state index contributed by atoms with van der Waals surface area (Å²) in [6.07, 6.45) is 1.15. The summed E-state index contributed by atoms with van der Waals surface area (Å²) in [6.45, 7) is 5.26. The van der Waals surface area contributed by atoms with E-state index >= 15 is 0 Å². The molecule has 2 nitrogen and oxygen atoms in total. The van der Waals surface area contributed by atoms with E-state index in [9.17, 15) is 0 Å². The van der Waals surface area contributed by atoms with Gasteiger partial charge in [0.25, 0.3) is 0 Å². The van der Waals surface area contributed by atoms with E-state index < -0.39 is 0 Å². The molecule has 2 heterocycles. The Morgan fingerprint density at radius 2 is 2.31 bits per heavy atom. The van der Waals surface area contributed by atoms with E-state index in [4.69, 9.17) is 0 Å². The van der Waals surface area contributed by atoms with Crippen molar-refractivity contribution >= 4 is 22.7 Å². The van der Waals surface area contributed by atoms with Gasteiger partial charge in [-0.2, -0.15) is 0 Å². The Kier molecular flexibility index (Phi) is 4.09. The van der Waals surface area contributed by atoms with Crippen LogP contribution >= 0.6 is 22.7 Å². The lowest BCUT2D eigenvalue weighted by molar-refractivity contribution is 0.602. The van der Waals surface area contributed by atoms with Crippen LogP contribution in [0.1, 0.15) is 35.0 Å². The van der Waals surface area contributed by atoms with E-state index in [0.717, 1.165) is 18.7 Å². The van der Waals surface area contributed by atoms with Crippen LogP contribution in [0.5, 0.6) is 0 Å². The smallest absolute Gasteiger partial charge is 0.115 e. The highest BCUT2D eigenvalue weighted by Gasteiger charge is 2.17. The number of hydrogen-bond acceptors (Lipinski definition) is 4. The monoisotopic (exact) mass is 252 g/mol. The maximum Gasteiger partial charge on any atom is 0.115 e. The standard InChI is InChI=1S/C12H16N2S2/c1-3-6-13-11(10-5-4-7-15-10)12-14-9(2)8-16-12/h4-5,7-8,11,13H,3,6H2,1-2H3. The van der Waals surface area contributed by atoms with Crippen LogP contribution in [0.25, 0.3) is 0 Å². The highest BCUT2D eigenvalue weighted by molar-refractivity contribution is 7.11. The maximum absolute atomic E-state index is 4.58. The minimum atomic E-state index is 0.277. The van der Waals surface area contributed by atoms with Gasteiger partial charge in [0.15, 0.2) is 0 Å². The van der Waals surface area contributed by atoms with Gasteiger partial charge in [0.2, 0.25) is 0 Å². The van der Waals surface area contributed by atoms with Crippen LogP contribution in [-0.2, 0) is 0 Å². The number of hydrogen-bond donors (Lipinski definition) is 1. The van der Waals surface area contributed by atoms with Crippen molar-refractivity contribution in [3.8, 4) is 0 Å².